The predicted molar refractivity (Wildman–Crippen MR) is 81.4 cm³/mol. The Hall–Kier alpha value is -1.58. The first-order valence-corrected chi connectivity index (χ1v) is 7.42. The van der Waals surface area contributed by atoms with Gasteiger partial charge >= 0.3 is 0 Å². The van der Waals surface area contributed by atoms with E-state index in [9.17, 15) is 0 Å². The van der Waals surface area contributed by atoms with Gasteiger partial charge in [0.05, 0.1) is 25.2 Å². The van der Waals surface area contributed by atoms with Crippen LogP contribution in [0, 0.1) is 0 Å². The molecule has 0 spiro atoms. The lowest BCUT2D eigenvalue weighted by atomic mass is 10.4. The van der Waals surface area contributed by atoms with Gasteiger partial charge < -0.3 is 0 Å². The molecule has 0 bridgehead atoms. The van der Waals surface area contributed by atoms with Gasteiger partial charge in [0.2, 0.25) is 12.7 Å². The molecular formula is C16H30N4+2. The molecular weight excluding hydrogens is 248 g/mol. The molecule has 0 aliphatic heterocycles. The van der Waals surface area contributed by atoms with Crippen LogP contribution in [-0.4, -0.2) is 9.13 Å². The summed E-state index contributed by atoms with van der Waals surface area (Å²) in [4.78, 5) is 0. The Labute approximate surface area is 123 Å². The molecule has 0 aromatic carbocycles. The van der Waals surface area contributed by atoms with Crippen molar-refractivity contribution in [3.63, 3.8) is 0 Å². The lowest BCUT2D eigenvalue weighted by Crippen LogP contribution is -2.33. The van der Waals surface area contributed by atoms with Crippen molar-refractivity contribution in [1.82, 2.24) is 9.13 Å². The number of aryl methyl sites for hydroxylation is 1. The minimum absolute atomic E-state index is 0.565. The Morgan fingerprint density at radius 1 is 0.750 bits per heavy atom. The number of rotatable bonds is 3. The lowest BCUT2D eigenvalue weighted by molar-refractivity contribution is -0.715. The highest BCUT2D eigenvalue weighted by Gasteiger charge is 2.08. The highest BCUT2D eigenvalue weighted by molar-refractivity contribution is 4.70. The molecule has 0 aliphatic rings. The van der Waals surface area contributed by atoms with Crippen LogP contribution < -0.4 is 9.13 Å². The van der Waals surface area contributed by atoms with Crippen LogP contribution in [0.1, 0.15) is 59.7 Å². The average Bonchev–Trinajstić information content (AvgIpc) is 2.97. The maximum atomic E-state index is 2.21. The molecule has 0 fully saturated rings. The molecule has 0 amide bonds. The molecule has 0 atom stereocenters. The van der Waals surface area contributed by atoms with Crippen LogP contribution in [0.5, 0.6) is 0 Å². The van der Waals surface area contributed by atoms with E-state index in [1.165, 1.54) is 0 Å². The number of hydrogen-bond acceptors (Lipinski definition) is 0. The molecule has 0 N–H and O–H groups in total. The first kappa shape index (κ1) is 16.5. The fraction of sp³-hybridized carbons (Fsp3) is 0.625. The molecule has 4 heteroatoms. The van der Waals surface area contributed by atoms with E-state index in [1.54, 1.807) is 0 Å². The van der Waals surface area contributed by atoms with Crippen molar-refractivity contribution in [3.05, 3.63) is 37.4 Å². The maximum Gasteiger partial charge on any atom is 0.244 e. The summed E-state index contributed by atoms with van der Waals surface area (Å²) in [6, 6.07) is 1.70. The van der Waals surface area contributed by atoms with Crippen LogP contribution in [0.15, 0.2) is 37.4 Å². The third kappa shape index (κ3) is 4.83. The molecule has 112 valence electrons. The van der Waals surface area contributed by atoms with Gasteiger partial charge in [-0.05, 0) is 41.5 Å². The van der Waals surface area contributed by atoms with E-state index in [0.717, 1.165) is 0 Å². The minimum Gasteiger partial charge on any atom is -0.240 e. The van der Waals surface area contributed by atoms with Gasteiger partial charge in [-0.3, -0.25) is 0 Å². The van der Waals surface area contributed by atoms with Crippen molar-refractivity contribution < 1.29 is 9.13 Å². The van der Waals surface area contributed by atoms with Crippen LogP contribution >= 0.6 is 0 Å². The van der Waals surface area contributed by atoms with Gasteiger partial charge in [0.1, 0.15) is 24.8 Å². The summed E-state index contributed by atoms with van der Waals surface area (Å²) in [7, 11) is 2.03. The topological polar surface area (TPSA) is 17.6 Å². The summed E-state index contributed by atoms with van der Waals surface area (Å²) in [6.07, 6.45) is 12.6. The Balaban J connectivity index is 0.000000204. The van der Waals surface area contributed by atoms with Gasteiger partial charge in [-0.1, -0.05) is 0 Å². The highest BCUT2D eigenvalue weighted by Crippen LogP contribution is 2.01. The number of imidazole rings is 2. The number of nitrogens with zero attached hydrogens (tertiary/aromatic N) is 4. The second-order valence-corrected chi connectivity index (χ2v) is 6.12. The molecule has 0 radical (unpaired) electrons. The fourth-order valence-electron chi connectivity index (χ4n) is 1.77. The molecule has 0 saturated carbocycles. The summed E-state index contributed by atoms with van der Waals surface area (Å²) in [5.41, 5.74) is 0. The van der Waals surface area contributed by atoms with Crippen LogP contribution in [0.4, 0.5) is 0 Å². The van der Waals surface area contributed by atoms with Crippen molar-refractivity contribution >= 4 is 0 Å². The van der Waals surface area contributed by atoms with Crippen molar-refractivity contribution in [3.8, 4) is 0 Å². The number of aromatic nitrogens is 4. The van der Waals surface area contributed by atoms with Gasteiger partial charge in [-0.2, -0.15) is 0 Å². The monoisotopic (exact) mass is 278 g/mol. The maximum absolute atomic E-state index is 2.21. The van der Waals surface area contributed by atoms with Crippen LogP contribution in [-0.2, 0) is 7.05 Å². The van der Waals surface area contributed by atoms with Crippen LogP contribution in [0.2, 0.25) is 0 Å². The van der Waals surface area contributed by atoms with E-state index in [2.05, 4.69) is 86.5 Å². The Morgan fingerprint density at radius 3 is 1.50 bits per heavy atom. The van der Waals surface area contributed by atoms with E-state index in [0.29, 0.717) is 18.1 Å². The van der Waals surface area contributed by atoms with Gasteiger partial charge in [0.25, 0.3) is 0 Å². The molecule has 0 unspecified atom stereocenters. The SMILES string of the molecule is CC(C)n1cc[n+](C(C)C)c1.CC(C)n1cc[n+](C)c1. The van der Waals surface area contributed by atoms with E-state index < -0.39 is 0 Å². The molecule has 20 heavy (non-hydrogen) atoms. The normalized spacial score (nSPS) is 11.1. The van der Waals surface area contributed by atoms with Crippen molar-refractivity contribution in [2.24, 2.45) is 7.05 Å². The average molecular weight is 278 g/mol. The zero-order valence-electron chi connectivity index (χ0n) is 14.0. The van der Waals surface area contributed by atoms with E-state index in [1.807, 2.05) is 17.8 Å². The molecule has 2 aromatic rings. The van der Waals surface area contributed by atoms with Crippen molar-refractivity contribution in [1.29, 1.82) is 0 Å². The zero-order chi connectivity index (χ0) is 15.3. The van der Waals surface area contributed by atoms with Crippen LogP contribution in [0.3, 0.4) is 0 Å². The van der Waals surface area contributed by atoms with Gasteiger partial charge in [0.15, 0.2) is 0 Å². The van der Waals surface area contributed by atoms with E-state index >= 15 is 0 Å². The summed E-state index contributed by atoms with van der Waals surface area (Å²) in [5, 5.41) is 0. The van der Waals surface area contributed by atoms with E-state index in [4.69, 9.17) is 0 Å². The summed E-state index contributed by atoms with van der Waals surface area (Å²) in [6.45, 7) is 13.1. The predicted octanol–water partition coefficient (Wildman–Crippen LogP) is 2.83. The van der Waals surface area contributed by atoms with Gasteiger partial charge in [-0.25, -0.2) is 18.3 Å². The third-order valence-corrected chi connectivity index (χ3v) is 3.26. The first-order chi connectivity index (χ1) is 9.31. The third-order valence-electron chi connectivity index (χ3n) is 3.26. The van der Waals surface area contributed by atoms with Gasteiger partial charge in [-0.15, -0.1) is 0 Å². The summed E-state index contributed by atoms with van der Waals surface area (Å²) < 4.78 is 8.62. The largest absolute Gasteiger partial charge is 0.244 e. The van der Waals surface area contributed by atoms with Crippen molar-refractivity contribution in [2.75, 3.05) is 0 Å². The second kappa shape index (κ2) is 7.27. The second-order valence-electron chi connectivity index (χ2n) is 6.12. The summed E-state index contributed by atoms with van der Waals surface area (Å²) in [5.74, 6) is 0. The molecule has 2 rings (SSSR count). The first-order valence-electron chi connectivity index (χ1n) is 7.42. The van der Waals surface area contributed by atoms with Gasteiger partial charge in [0, 0.05) is 0 Å². The van der Waals surface area contributed by atoms with E-state index in [-0.39, 0.29) is 0 Å². The molecule has 4 nitrogen and oxygen atoms in total. The summed E-state index contributed by atoms with van der Waals surface area (Å²) >= 11 is 0. The fourth-order valence-corrected chi connectivity index (χ4v) is 1.77. The molecule has 2 heterocycles. The van der Waals surface area contributed by atoms with Crippen molar-refractivity contribution in [2.45, 2.75) is 59.7 Å². The Morgan fingerprint density at radius 2 is 1.25 bits per heavy atom. The quantitative estimate of drug-likeness (QED) is 0.768. The zero-order valence-corrected chi connectivity index (χ0v) is 14.0. The lowest BCUT2D eigenvalue weighted by Gasteiger charge is -1.99. The standard InChI is InChI=1S/C9H17N2.C7H13N2/c1-8(2)10-5-6-11(7-10)9(3)4;1-7(2)9-5-4-8(3)6-9/h5-9H,1-4H3;4-7H,1-3H3/q2*+1. The molecule has 0 saturated heterocycles. The Bertz CT molecular complexity index is 484. The van der Waals surface area contributed by atoms with Crippen LogP contribution in [0.25, 0.3) is 0 Å². The Kier molecular flexibility index (Phi) is 5.99. The molecule has 0 aliphatic carbocycles. The highest BCUT2D eigenvalue weighted by atomic mass is 15.1. The minimum atomic E-state index is 0.565. The number of hydrogen-bond donors (Lipinski definition) is 0. The smallest absolute Gasteiger partial charge is 0.240 e. The molecule has 2 aromatic heterocycles.